The van der Waals surface area contributed by atoms with Crippen LogP contribution in [-0.4, -0.2) is 19.2 Å². The van der Waals surface area contributed by atoms with Gasteiger partial charge in [-0.25, -0.2) is 4.79 Å². The van der Waals surface area contributed by atoms with E-state index in [0.717, 1.165) is 10.9 Å². The Morgan fingerprint density at radius 2 is 2.00 bits per heavy atom. The maximum Gasteiger partial charge on any atom is 0.339 e. The van der Waals surface area contributed by atoms with Crippen molar-refractivity contribution in [3.8, 4) is 5.75 Å². The second-order valence-electron chi connectivity index (χ2n) is 5.01. The number of benzene rings is 1. The molecule has 0 aliphatic heterocycles. The molecule has 1 aromatic heterocycles. The topological polar surface area (TPSA) is 65.7 Å². The standard InChI is InChI=1S/C17H19ClO5/c1-4-21-15-9-14-12(8-13(15)18)10(3)11(17(20)23-14)6-7-16(19)22-5-2/h8-9H,4-7H2,1-3H3. The molecule has 0 radical (unpaired) electrons. The first-order valence-corrected chi connectivity index (χ1v) is 7.90. The summed E-state index contributed by atoms with van der Waals surface area (Å²) in [5, 5.41) is 1.18. The monoisotopic (exact) mass is 338 g/mol. The van der Waals surface area contributed by atoms with E-state index in [1.807, 2.05) is 13.8 Å². The molecule has 0 saturated carbocycles. The van der Waals surface area contributed by atoms with Crippen molar-refractivity contribution in [2.45, 2.75) is 33.6 Å². The Kier molecular flexibility index (Phi) is 5.66. The van der Waals surface area contributed by atoms with E-state index in [1.54, 1.807) is 19.1 Å². The first kappa shape index (κ1) is 17.3. The van der Waals surface area contributed by atoms with Crippen molar-refractivity contribution in [2.75, 3.05) is 13.2 Å². The van der Waals surface area contributed by atoms with Crippen LogP contribution in [0.4, 0.5) is 0 Å². The number of hydrogen-bond donors (Lipinski definition) is 0. The molecule has 5 nitrogen and oxygen atoms in total. The molecule has 0 N–H and O–H groups in total. The first-order chi connectivity index (χ1) is 11.0. The van der Waals surface area contributed by atoms with Gasteiger partial charge in [0.2, 0.25) is 0 Å². The van der Waals surface area contributed by atoms with E-state index in [9.17, 15) is 9.59 Å². The van der Waals surface area contributed by atoms with Gasteiger partial charge in [-0.05, 0) is 38.8 Å². The molecule has 0 fully saturated rings. The minimum atomic E-state index is -0.455. The lowest BCUT2D eigenvalue weighted by molar-refractivity contribution is -0.143. The van der Waals surface area contributed by atoms with Gasteiger partial charge in [0, 0.05) is 23.4 Å². The van der Waals surface area contributed by atoms with E-state index in [4.69, 9.17) is 25.5 Å². The highest BCUT2D eigenvalue weighted by atomic mass is 35.5. The van der Waals surface area contributed by atoms with Crippen molar-refractivity contribution in [3.63, 3.8) is 0 Å². The van der Waals surface area contributed by atoms with Gasteiger partial charge >= 0.3 is 11.6 Å². The highest BCUT2D eigenvalue weighted by Gasteiger charge is 2.15. The smallest absolute Gasteiger partial charge is 0.339 e. The van der Waals surface area contributed by atoms with Crippen LogP contribution in [0.2, 0.25) is 5.02 Å². The summed E-state index contributed by atoms with van der Waals surface area (Å²) in [6.07, 6.45) is 0.406. The third-order valence-electron chi connectivity index (χ3n) is 3.52. The third-order valence-corrected chi connectivity index (χ3v) is 3.82. The molecule has 0 spiro atoms. The van der Waals surface area contributed by atoms with Crippen molar-refractivity contribution in [1.82, 2.24) is 0 Å². The second kappa shape index (κ2) is 7.51. The van der Waals surface area contributed by atoms with E-state index in [2.05, 4.69) is 0 Å². The second-order valence-corrected chi connectivity index (χ2v) is 5.42. The fourth-order valence-electron chi connectivity index (χ4n) is 2.41. The van der Waals surface area contributed by atoms with Crippen LogP contribution in [0.15, 0.2) is 21.3 Å². The molecule has 0 aliphatic rings. The molecule has 23 heavy (non-hydrogen) atoms. The largest absolute Gasteiger partial charge is 0.492 e. The van der Waals surface area contributed by atoms with Crippen LogP contribution in [0.3, 0.4) is 0 Å². The summed E-state index contributed by atoms with van der Waals surface area (Å²) in [5.74, 6) is 0.139. The van der Waals surface area contributed by atoms with Gasteiger partial charge in [-0.2, -0.15) is 0 Å². The molecule has 0 saturated heterocycles. The number of esters is 1. The zero-order chi connectivity index (χ0) is 17.0. The summed E-state index contributed by atoms with van der Waals surface area (Å²) >= 11 is 6.20. The fraction of sp³-hybridized carbons (Fsp3) is 0.412. The summed E-state index contributed by atoms with van der Waals surface area (Å²) in [5.41, 5.74) is 1.18. The molecule has 2 rings (SSSR count). The van der Waals surface area contributed by atoms with E-state index >= 15 is 0 Å². The SMILES string of the molecule is CCOC(=O)CCc1c(C)c2cc(Cl)c(OCC)cc2oc1=O. The van der Waals surface area contributed by atoms with Crippen LogP contribution in [-0.2, 0) is 16.0 Å². The maximum absolute atomic E-state index is 12.2. The van der Waals surface area contributed by atoms with Gasteiger partial charge in [-0.1, -0.05) is 11.6 Å². The number of hydrogen-bond acceptors (Lipinski definition) is 5. The minimum absolute atomic E-state index is 0.135. The summed E-state index contributed by atoms with van der Waals surface area (Å²) < 4.78 is 15.7. The average molecular weight is 339 g/mol. The van der Waals surface area contributed by atoms with Gasteiger partial charge in [-0.3, -0.25) is 4.79 Å². The summed E-state index contributed by atoms with van der Waals surface area (Å²) in [7, 11) is 0. The number of carbonyl (C=O) groups is 1. The predicted octanol–water partition coefficient (Wildman–Crippen LogP) is 3.65. The maximum atomic E-state index is 12.2. The molecule has 0 atom stereocenters. The molecule has 2 aromatic rings. The van der Waals surface area contributed by atoms with Crippen LogP contribution < -0.4 is 10.4 Å². The molecular weight excluding hydrogens is 320 g/mol. The Morgan fingerprint density at radius 1 is 1.26 bits per heavy atom. The number of ether oxygens (including phenoxy) is 2. The highest BCUT2D eigenvalue weighted by Crippen LogP contribution is 2.32. The van der Waals surface area contributed by atoms with E-state index in [1.165, 1.54) is 0 Å². The normalized spacial score (nSPS) is 10.8. The van der Waals surface area contributed by atoms with Crippen LogP contribution >= 0.6 is 11.6 Å². The van der Waals surface area contributed by atoms with Crippen LogP contribution in [0.5, 0.6) is 5.75 Å². The van der Waals surface area contributed by atoms with Crippen LogP contribution in [0.25, 0.3) is 11.0 Å². The molecule has 1 heterocycles. The van der Waals surface area contributed by atoms with Gasteiger partial charge < -0.3 is 13.9 Å². The number of halogens is 1. The lowest BCUT2D eigenvalue weighted by Crippen LogP contribution is -2.13. The predicted molar refractivity (Wildman–Crippen MR) is 88.4 cm³/mol. The van der Waals surface area contributed by atoms with Gasteiger partial charge in [0.05, 0.1) is 18.2 Å². The van der Waals surface area contributed by atoms with Crippen LogP contribution in [0, 0.1) is 6.92 Å². The van der Waals surface area contributed by atoms with Crippen molar-refractivity contribution in [1.29, 1.82) is 0 Å². The van der Waals surface area contributed by atoms with E-state index in [0.29, 0.717) is 35.1 Å². The zero-order valence-corrected chi connectivity index (χ0v) is 14.2. The zero-order valence-electron chi connectivity index (χ0n) is 13.4. The third kappa shape index (κ3) is 3.85. The summed E-state index contributed by atoms with van der Waals surface area (Å²) in [4.78, 5) is 23.7. The molecule has 0 amide bonds. The Labute approximate surface area is 139 Å². The van der Waals surface area contributed by atoms with E-state index < -0.39 is 5.63 Å². The van der Waals surface area contributed by atoms with Crippen molar-refractivity contribution < 1.29 is 18.7 Å². The number of carbonyl (C=O) groups excluding carboxylic acids is 1. The lowest BCUT2D eigenvalue weighted by atomic mass is 10.0. The molecule has 1 aromatic carbocycles. The van der Waals surface area contributed by atoms with Crippen molar-refractivity contribution in [2.24, 2.45) is 0 Å². The fourth-order valence-corrected chi connectivity index (χ4v) is 2.62. The minimum Gasteiger partial charge on any atom is -0.492 e. The van der Waals surface area contributed by atoms with Gasteiger partial charge in [0.15, 0.2) is 0 Å². The van der Waals surface area contributed by atoms with Crippen LogP contribution in [0.1, 0.15) is 31.4 Å². The summed E-state index contributed by atoms with van der Waals surface area (Å²) in [6, 6.07) is 3.33. The highest BCUT2D eigenvalue weighted by molar-refractivity contribution is 6.32. The van der Waals surface area contributed by atoms with E-state index in [-0.39, 0.29) is 18.8 Å². The average Bonchev–Trinajstić information content (AvgIpc) is 2.49. The van der Waals surface area contributed by atoms with Gasteiger partial charge in [0.1, 0.15) is 11.3 Å². The number of aryl methyl sites for hydroxylation is 1. The molecule has 0 unspecified atom stereocenters. The van der Waals surface area contributed by atoms with Crippen molar-refractivity contribution in [3.05, 3.63) is 38.7 Å². The molecule has 0 aliphatic carbocycles. The lowest BCUT2D eigenvalue weighted by Gasteiger charge is -2.10. The van der Waals surface area contributed by atoms with Gasteiger partial charge in [-0.15, -0.1) is 0 Å². The van der Waals surface area contributed by atoms with Crippen molar-refractivity contribution >= 4 is 28.5 Å². The molecular formula is C17H19ClO5. The Hall–Kier alpha value is -2.01. The first-order valence-electron chi connectivity index (χ1n) is 7.52. The molecule has 124 valence electrons. The number of fused-ring (bicyclic) bond motifs is 1. The number of rotatable bonds is 6. The Morgan fingerprint density at radius 3 is 2.65 bits per heavy atom. The molecule has 6 heteroatoms. The Balaban J connectivity index is 2.42. The summed E-state index contributed by atoms with van der Waals surface area (Å²) in [6.45, 7) is 6.19. The quantitative estimate of drug-likeness (QED) is 0.594. The Bertz CT molecular complexity index is 779. The van der Waals surface area contributed by atoms with Gasteiger partial charge in [0.25, 0.3) is 0 Å². The molecule has 0 bridgehead atoms.